The molecule has 17 heavy (non-hydrogen) atoms. The van der Waals surface area contributed by atoms with Crippen LogP contribution in [0.1, 0.15) is 18.4 Å². The van der Waals surface area contributed by atoms with E-state index >= 15 is 0 Å². The Bertz CT molecular complexity index is 409. The molecule has 1 heterocycles. The maximum absolute atomic E-state index is 13.2. The second kappa shape index (κ2) is 5.14. The number of piperidine rings is 1. The van der Waals surface area contributed by atoms with Gasteiger partial charge in [0, 0.05) is 16.5 Å². The maximum Gasteiger partial charge on any atom is 0.260 e. The molecule has 0 aliphatic carbocycles. The molecule has 0 saturated carbocycles. The van der Waals surface area contributed by atoms with Crippen LogP contribution in [0.5, 0.6) is 0 Å². The molecular formula is C12H13F3IN. The molecule has 0 bridgehead atoms. The molecule has 1 nitrogen and oxygen atoms in total. The molecule has 1 aromatic carbocycles. The minimum atomic E-state index is -2.58. The summed E-state index contributed by atoms with van der Waals surface area (Å²) in [6, 6.07) is 4.76. The Labute approximate surface area is 112 Å². The summed E-state index contributed by atoms with van der Waals surface area (Å²) in [5.41, 5.74) is 0.883. The monoisotopic (exact) mass is 355 g/mol. The first kappa shape index (κ1) is 13.1. The second-order valence-corrected chi connectivity index (χ2v) is 5.58. The molecule has 1 aliphatic rings. The third-order valence-corrected chi connectivity index (χ3v) is 3.69. The van der Waals surface area contributed by atoms with Crippen LogP contribution in [-0.2, 0) is 6.54 Å². The molecule has 1 fully saturated rings. The number of nitrogens with zero attached hydrogens (tertiary/aromatic N) is 1. The van der Waals surface area contributed by atoms with E-state index in [0.29, 0.717) is 23.1 Å². The predicted octanol–water partition coefficient (Wildman–Crippen LogP) is 3.66. The van der Waals surface area contributed by atoms with Crippen molar-refractivity contribution in [2.75, 3.05) is 13.1 Å². The summed E-state index contributed by atoms with van der Waals surface area (Å²) in [7, 11) is 0. The molecule has 0 atom stereocenters. The summed E-state index contributed by atoms with van der Waals surface area (Å²) in [6.07, 6.45) is 0.496. The average Bonchev–Trinajstić information content (AvgIpc) is 2.22. The lowest BCUT2D eigenvalue weighted by Gasteiger charge is -2.32. The van der Waals surface area contributed by atoms with Crippen LogP contribution in [0, 0.1) is 9.39 Å². The normalized spacial score (nSPS) is 20.5. The van der Waals surface area contributed by atoms with Crippen molar-refractivity contribution in [2.24, 2.45) is 0 Å². The van der Waals surface area contributed by atoms with Gasteiger partial charge in [-0.05, 0) is 53.3 Å². The van der Waals surface area contributed by atoms with Gasteiger partial charge in [-0.2, -0.15) is 0 Å². The second-order valence-electron chi connectivity index (χ2n) is 4.42. The summed E-state index contributed by atoms with van der Waals surface area (Å²) in [6.45, 7) is 0.955. The number of hydrogen-bond donors (Lipinski definition) is 0. The van der Waals surface area contributed by atoms with Crippen molar-refractivity contribution < 1.29 is 13.2 Å². The van der Waals surface area contributed by atoms with Crippen molar-refractivity contribution in [3.05, 3.63) is 33.1 Å². The lowest BCUT2D eigenvalue weighted by Crippen LogP contribution is -2.42. The van der Waals surface area contributed by atoms with Gasteiger partial charge in [0.05, 0.1) is 6.54 Å². The number of benzene rings is 1. The molecule has 1 aliphatic heterocycles. The molecule has 1 saturated heterocycles. The van der Waals surface area contributed by atoms with Gasteiger partial charge in [0.25, 0.3) is 5.92 Å². The largest absolute Gasteiger partial charge is 0.293 e. The zero-order valence-corrected chi connectivity index (χ0v) is 11.4. The van der Waals surface area contributed by atoms with Crippen LogP contribution in [0.4, 0.5) is 13.2 Å². The van der Waals surface area contributed by atoms with Crippen molar-refractivity contribution in [1.29, 1.82) is 0 Å². The molecule has 0 N–H and O–H groups in total. The molecular weight excluding hydrogens is 342 g/mol. The summed E-state index contributed by atoms with van der Waals surface area (Å²) in [5, 5.41) is 0. The summed E-state index contributed by atoms with van der Waals surface area (Å²) in [4.78, 5) is 1.73. The first-order valence-electron chi connectivity index (χ1n) is 5.50. The summed E-state index contributed by atoms with van der Waals surface area (Å²) >= 11 is 1.91. The summed E-state index contributed by atoms with van der Waals surface area (Å²) < 4.78 is 40.0. The number of alkyl halides is 2. The lowest BCUT2D eigenvalue weighted by atomic mass is 10.1. The standard InChI is InChI=1S/C12H13F3IN/c13-10-3-2-9(6-11(10)16)7-17-5-1-4-12(14,15)8-17/h2-3,6H,1,4-5,7-8H2. The molecule has 5 heteroatoms. The van der Waals surface area contributed by atoms with E-state index in [0.717, 1.165) is 5.56 Å². The van der Waals surface area contributed by atoms with Crippen molar-refractivity contribution in [2.45, 2.75) is 25.3 Å². The molecule has 0 spiro atoms. The molecule has 0 aromatic heterocycles. The average molecular weight is 355 g/mol. The Morgan fingerprint density at radius 3 is 2.76 bits per heavy atom. The van der Waals surface area contributed by atoms with Crippen LogP contribution < -0.4 is 0 Å². The fourth-order valence-corrected chi connectivity index (χ4v) is 2.66. The van der Waals surface area contributed by atoms with Crippen molar-refractivity contribution in [1.82, 2.24) is 4.90 Å². The van der Waals surface area contributed by atoms with E-state index in [1.165, 1.54) is 6.07 Å². The van der Waals surface area contributed by atoms with Crippen LogP contribution in [0.2, 0.25) is 0 Å². The van der Waals surface area contributed by atoms with Gasteiger partial charge in [-0.1, -0.05) is 6.07 Å². The SMILES string of the molecule is Fc1ccc(CN2CCCC(F)(F)C2)cc1I. The number of hydrogen-bond acceptors (Lipinski definition) is 1. The van der Waals surface area contributed by atoms with Crippen LogP contribution in [0.25, 0.3) is 0 Å². The van der Waals surface area contributed by atoms with E-state index in [1.807, 2.05) is 22.6 Å². The lowest BCUT2D eigenvalue weighted by molar-refractivity contribution is -0.0661. The van der Waals surface area contributed by atoms with E-state index < -0.39 is 5.92 Å². The Morgan fingerprint density at radius 2 is 2.12 bits per heavy atom. The fourth-order valence-electron chi connectivity index (χ4n) is 2.08. The van der Waals surface area contributed by atoms with Gasteiger partial charge in [0.2, 0.25) is 0 Å². The quantitative estimate of drug-likeness (QED) is 0.732. The number of rotatable bonds is 2. The Kier molecular flexibility index (Phi) is 3.97. The highest BCUT2D eigenvalue weighted by Gasteiger charge is 2.34. The van der Waals surface area contributed by atoms with Crippen molar-refractivity contribution >= 4 is 22.6 Å². The van der Waals surface area contributed by atoms with E-state index in [1.54, 1.807) is 17.0 Å². The molecule has 1 aromatic rings. The van der Waals surface area contributed by atoms with Crippen LogP contribution >= 0.6 is 22.6 Å². The smallest absolute Gasteiger partial charge is 0.260 e. The number of likely N-dealkylation sites (tertiary alicyclic amines) is 1. The van der Waals surface area contributed by atoms with Gasteiger partial charge in [0.1, 0.15) is 5.82 Å². The van der Waals surface area contributed by atoms with Crippen LogP contribution in [0.3, 0.4) is 0 Å². The first-order valence-corrected chi connectivity index (χ1v) is 6.58. The van der Waals surface area contributed by atoms with E-state index in [4.69, 9.17) is 0 Å². The highest BCUT2D eigenvalue weighted by atomic mass is 127. The maximum atomic E-state index is 13.2. The van der Waals surface area contributed by atoms with Gasteiger partial charge >= 0.3 is 0 Å². The topological polar surface area (TPSA) is 3.24 Å². The third kappa shape index (κ3) is 3.58. The Balaban J connectivity index is 2.03. The molecule has 94 valence electrons. The fraction of sp³-hybridized carbons (Fsp3) is 0.500. The van der Waals surface area contributed by atoms with Crippen LogP contribution in [0.15, 0.2) is 18.2 Å². The van der Waals surface area contributed by atoms with E-state index in [-0.39, 0.29) is 18.8 Å². The molecule has 0 unspecified atom stereocenters. The van der Waals surface area contributed by atoms with E-state index in [2.05, 4.69) is 0 Å². The minimum Gasteiger partial charge on any atom is -0.293 e. The van der Waals surface area contributed by atoms with Gasteiger partial charge in [-0.3, -0.25) is 4.90 Å². The highest BCUT2D eigenvalue weighted by molar-refractivity contribution is 14.1. The van der Waals surface area contributed by atoms with Gasteiger partial charge in [-0.15, -0.1) is 0 Å². The Morgan fingerprint density at radius 1 is 1.35 bits per heavy atom. The van der Waals surface area contributed by atoms with Crippen molar-refractivity contribution in [3.8, 4) is 0 Å². The molecule has 0 amide bonds. The van der Waals surface area contributed by atoms with Gasteiger partial charge in [-0.25, -0.2) is 13.2 Å². The van der Waals surface area contributed by atoms with Crippen LogP contribution in [-0.4, -0.2) is 23.9 Å². The predicted molar refractivity (Wildman–Crippen MR) is 68.6 cm³/mol. The third-order valence-electron chi connectivity index (χ3n) is 2.86. The zero-order valence-electron chi connectivity index (χ0n) is 9.23. The zero-order chi connectivity index (χ0) is 12.5. The molecule has 2 rings (SSSR count). The number of halogens is 4. The highest BCUT2D eigenvalue weighted by Crippen LogP contribution is 2.27. The van der Waals surface area contributed by atoms with Crippen molar-refractivity contribution in [3.63, 3.8) is 0 Å². The van der Waals surface area contributed by atoms with Gasteiger partial charge in [0.15, 0.2) is 0 Å². The Hall–Kier alpha value is -0.300. The van der Waals surface area contributed by atoms with E-state index in [9.17, 15) is 13.2 Å². The van der Waals surface area contributed by atoms with Gasteiger partial charge < -0.3 is 0 Å². The minimum absolute atomic E-state index is 0.0234. The first-order chi connectivity index (χ1) is 7.96. The summed E-state index contributed by atoms with van der Waals surface area (Å²) in [5.74, 6) is -2.84. The molecule has 0 radical (unpaired) electrons.